The molecule has 3 aromatic carbocycles. The number of nitrogens with one attached hydrogen (secondary N) is 1. The average molecular weight is 420 g/mol. The molecule has 0 aliphatic carbocycles. The predicted molar refractivity (Wildman–Crippen MR) is 118 cm³/mol. The van der Waals surface area contributed by atoms with Crippen molar-refractivity contribution in [3.05, 3.63) is 82.8 Å². The lowest BCUT2D eigenvalue weighted by atomic mass is 10.1. The quantitative estimate of drug-likeness (QED) is 0.363. The van der Waals surface area contributed by atoms with E-state index in [-0.39, 0.29) is 30.2 Å². The number of methoxy groups -OCH3 is 1. The summed E-state index contributed by atoms with van der Waals surface area (Å²) in [5, 5.41) is 3.79. The molecule has 0 aliphatic rings. The van der Waals surface area contributed by atoms with Gasteiger partial charge in [0.2, 0.25) is 5.91 Å². The Morgan fingerprint density at radius 3 is 2.26 bits per heavy atom. The molecule has 1 amide bonds. The molecule has 0 radical (unpaired) electrons. The van der Waals surface area contributed by atoms with Crippen molar-refractivity contribution in [2.75, 3.05) is 25.6 Å². The Balaban J connectivity index is 1.69. The lowest BCUT2D eigenvalue weighted by Gasteiger charge is -2.16. The SMILES string of the molecule is COCCOc1ccc(F)cc1NC(=O)Cn1c2ccccc2c(=O)c2ccccc21. The monoisotopic (exact) mass is 420 g/mol. The Morgan fingerprint density at radius 2 is 1.61 bits per heavy atom. The third-order valence-corrected chi connectivity index (χ3v) is 4.94. The Morgan fingerprint density at radius 1 is 0.968 bits per heavy atom. The first-order valence-corrected chi connectivity index (χ1v) is 9.80. The molecule has 0 bridgehead atoms. The molecule has 0 unspecified atom stereocenters. The van der Waals surface area contributed by atoms with Crippen molar-refractivity contribution in [3.8, 4) is 5.75 Å². The van der Waals surface area contributed by atoms with Crippen LogP contribution in [0.25, 0.3) is 21.8 Å². The van der Waals surface area contributed by atoms with E-state index in [2.05, 4.69) is 5.32 Å². The maximum Gasteiger partial charge on any atom is 0.244 e. The molecule has 0 fully saturated rings. The molecular formula is C24H21FN2O4. The molecular weight excluding hydrogens is 399 g/mol. The lowest BCUT2D eigenvalue weighted by Crippen LogP contribution is -2.22. The van der Waals surface area contributed by atoms with E-state index in [1.165, 1.54) is 18.2 Å². The van der Waals surface area contributed by atoms with Crippen LogP contribution in [0.2, 0.25) is 0 Å². The highest BCUT2D eigenvalue weighted by atomic mass is 19.1. The highest BCUT2D eigenvalue weighted by molar-refractivity contribution is 5.97. The largest absolute Gasteiger partial charge is 0.489 e. The minimum atomic E-state index is -0.492. The first-order chi connectivity index (χ1) is 15.1. The van der Waals surface area contributed by atoms with E-state index in [0.29, 0.717) is 34.2 Å². The summed E-state index contributed by atoms with van der Waals surface area (Å²) in [4.78, 5) is 25.8. The summed E-state index contributed by atoms with van der Waals surface area (Å²) < 4.78 is 26.1. The van der Waals surface area contributed by atoms with Gasteiger partial charge in [-0.3, -0.25) is 9.59 Å². The second-order valence-electron chi connectivity index (χ2n) is 6.98. The number of hydrogen-bond donors (Lipinski definition) is 1. The van der Waals surface area contributed by atoms with Crippen LogP contribution in [0, 0.1) is 5.82 Å². The zero-order valence-corrected chi connectivity index (χ0v) is 16.9. The summed E-state index contributed by atoms with van der Waals surface area (Å²) in [6, 6.07) is 18.2. The van der Waals surface area contributed by atoms with E-state index in [4.69, 9.17) is 9.47 Å². The van der Waals surface area contributed by atoms with Crippen molar-refractivity contribution in [2.45, 2.75) is 6.54 Å². The van der Waals surface area contributed by atoms with E-state index >= 15 is 0 Å². The van der Waals surface area contributed by atoms with Crippen molar-refractivity contribution in [3.63, 3.8) is 0 Å². The molecule has 0 spiro atoms. The van der Waals surface area contributed by atoms with Crippen LogP contribution in [0.4, 0.5) is 10.1 Å². The fourth-order valence-electron chi connectivity index (χ4n) is 3.54. The lowest BCUT2D eigenvalue weighted by molar-refractivity contribution is -0.116. The second kappa shape index (κ2) is 8.97. The summed E-state index contributed by atoms with van der Waals surface area (Å²) in [6.45, 7) is 0.565. The van der Waals surface area contributed by atoms with Crippen molar-refractivity contribution in [1.29, 1.82) is 0 Å². The molecule has 6 nitrogen and oxygen atoms in total. The number of ether oxygens (including phenoxy) is 2. The fourth-order valence-corrected chi connectivity index (χ4v) is 3.54. The van der Waals surface area contributed by atoms with E-state index in [9.17, 15) is 14.0 Å². The number of benzene rings is 3. The molecule has 0 atom stereocenters. The number of anilines is 1. The molecule has 31 heavy (non-hydrogen) atoms. The Bertz CT molecular complexity index is 1260. The van der Waals surface area contributed by atoms with Gasteiger partial charge in [-0.15, -0.1) is 0 Å². The van der Waals surface area contributed by atoms with E-state index in [1.807, 2.05) is 12.1 Å². The highest BCUT2D eigenvalue weighted by Crippen LogP contribution is 2.26. The number of rotatable bonds is 7. The van der Waals surface area contributed by atoms with Crippen LogP contribution >= 0.6 is 0 Å². The second-order valence-corrected chi connectivity index (χ2v) is 6.98. The number of pyridine rings is 1. The van der Waals surface area contributed by atoms with Crippen LogP contribution in [0.5, 0.6) is 5.75 Å². The molecule has 4 rings (SSSR count). The van der Waals surface area contributed by atoms with Crippen molar-refractivity contribution >= 4 is 33.4 Å². The average Bonchev–Trinajstić information content (AvgIpc) is 2.78. The molecule has 4 aromatic rings. The van der Waals surface area contributed by atoms with Crippen LogP contribution in [0.1, 0.15) is 0 Å². The minimum Gasteiger partial charge on any atom is -0.489 e. The molecule has 7 heteroatoms. The summed E-state index contributed by atoms with van der Waals surface area (Å²) in [5.41, 5.74) is 1.45. The molecule has 1 heterocycles. The maximum absolute atomic E-state index is 13.8. The number of carbonyl (C=O) groups is 1. The van der Waals surface area contributed by atoms with E-state index in [0.717, 1.165) is 0 Å². The third-order valence-electron chi connectivity index (χ3n) is 4.94. The van der Waals surface area contributed by atoms with Crippen molar-refractivity contribution < 1.29 is 18.7 Å². The standard InChI is InChI=1S/C24H21FN2O4/c1-30-12-13-31-22-11-10-16(25)14-19(22)26-23(28)15-27-20-8-4-2-6-17(20)24(29)18-7-3-5-9-21(18)27/h2-11,14H,12-13,15H2,1H3,(H,26,28). The fraction of sp³-hybridized carbons (Fsp3) is 0.167. The van der Waals surface area contributed by atoms with Gasteiger partial charge in [-0.1, -0.05) is 24.3 Å². The smallest absolute Gasteiger partial charge is 0.244 e. The van der Waals surface area contributed by atoms with Crippen molar-refractivity contribution in [1.82, 2.24) is 4.57 Å². The molecule has 1 aromatic heterocycles. The highest BCUT2D eigenvalue weighted by Gasteiger charge is 2.15. The Hall–Kier alpha value is -3.71. The number of nitrogens with zero attached hydrogens (tertiary/aromatic N) is 1. The van der Waals surface area contributed by atoms with E-state index in [1.54, 1.807) is 48.1 Å². The topological polar surface area (TPSA) is 69.6 Å². The third kappa shape index (κ3) is 4.27. The van der Waals surface area contributed by atoms with Gasteiger partial charge in [0.25, 0.3) is 0 Å². The van der Waals surface area contributed by atoms with Gasteiger partial charge in [0.15, 0.2) is 5.43 Å². The minimum absolute atomic E-state index is 0.0602. The van der Waals surface area contributed by atoms with Gasteiger partial charge >= 0.3 is 0 Å². The first kappa shape index (κ1) is 20.6. The Kier molecular flexibility index (Phi) is 5.95. The zero-order chi connectivity index (χ0) is 21.8. The summed E-state index contributed by atoms with van der Waals surface area (Å²) >= 11 is 0. The van der Waals surface area contributed by atoms with Crippen molar-refractivity contribution in [2.24, 2.45) is 0 Å². The number of hydrogen-bond acceptors (Lipinski definition) is 4. The molecule has 0 aliphatic heterocycles. The van der Waals surface area contributed by atoms with Gasteiger partial charge in [-0.25, -0.2) is 4.39 Å². The van der Waals surface area contributed by atoms with Gasteiger partial charge in [0.1, 0.15) is 24.7 Å². The maximum atomic E-state index is 13.8. The van der Waals surface area contributed by atoms with Crippen LogP contribution in [0.15, 0.2) is 71.5 Å². The van der Waals surface area contributed by atoms with Crippen LogP contribution < -0.4 is 15.5 Å². The summed E-state index contributed by atoms with van der Waals surface area (Å²) in [6.07, 6.45) is 0. The molecule has 0 saturated carbocycles. The van der Waals surface area contributed by atoms with Crippen LogP contribution in [-0.2, 0) is 16.1 Å². The molecule has 0 saturated heterocycles. The molecule has 158 valence electrons. The number of amides is 1. The summed E-state index contributed by atoms with van der Waals surface area (Å²) in [7, 11) is 1.55. The van der Waals surface area contributed by atoms with Crippen LogP contribution in [0.3, 0.4) is 0 Å². The predicted octanol–water partition coefficient (Wildman–Crippen LogP) is 3.96. The number of halogens is 1. The van der Waals surface area contributed by atoms with Gasteiger partial charge in [0, 0.05) is 23.9 Å². The van der Waals surface area contributed by atoms with Gasteiger partial charge in [-0.05, 0) is 36.4 Å². The summed E-state index contributed by atoms with van der Waals surface area (Å²) in [5.74, 6) is -0.517. The van der Waals surface area contributed by atoms with E-state index < -0.39 is 5.82 Å². The normalized spacial score (nSPS) is 11.0. The zero-order valence-electron chi connectivity index (χ0n) is 16.9. The van der Waals surface area contributed by atoms with Gasteiger partial charge in [0.05, 0.1) is 23.3 Å². The Labute approximate surface area is 177 Å². The number of fused-ring (bicyclic) bond motifs is 2. The van der Waals surface area contributed by atoms with Crippen LogP contribution in [-0.4, -0.2) is 30.8 Å². The molecule has 1 N–H and O–H groups in total. The van der Waals surface area contributed by atoms with Gasteiger partial charge in [-0.2, -0.15) is 0 Å². The number of para-hydroxylation sites is 2. The number of carbonyl (C=O) groups excluding carboxylic acids is 1. The van der Waals surface area contributed by atoms with Gasteiger partial charge < -0.3 is 19.4 Å². The number of aromatic nitrogens is 1. The first-order valence-electron chi connectivity index (χ1n) is 9.80.